The van der Waals surface area contributed by atoms with E-state index in [0.717, 1.165) is 52.2 Å². The summed E-state index contributed by atoms with van der Waals surface area (Å²) >= 11 is 0. The van der Waals surface area contributed by atoms with Crippen LogP contribution in [0.15, 0.2) is 67.5 Å². The molecule has 0 radical (unpaired) electrons. The first-order chi connectivity index (χ1) is 20.1. The van der Waals surface area contributed by atoms with Gasteiger partial charge >= 0.3 is 0 Å². The smallest absolute Gasteiger partial charge is 0.212 e. The second-order valence-electron chi connectivity index (χ2n) is 10.5. The Hall–Kier alpha value is -5.26. The number of pyridine rings is 3. The lowest BCUT2D eigenvalue weighted by Crippen LogP contribution is -2.63. The molecule has 0 amide bonds. The van der Waals surface area contributed by atoms with Crippen molar-refractivity contribution in [2.24, 2.45) is 13.0 Å². The number of aromatic nitrogens is 6. The third-order valence-electron chi connectivity index (χ3n) is 8.13. The summed E-state index contributed by atoms with van der Waals surface area (Å²) in [6.07, 6.45) is 10.9. The van der Waals surface area contributed by atoms with Gasteiger partial charge in [0.05, 0.1) is 48.6 Å². The largest absolute Gasteiger partial charge is 0.481 e. The van der Waals surface area contributed by atoms with Crippen LogP contribution >= 0.6 is 0 Å². The molecule has 2 fully saturated rings. The Morgan fingerprint density at radius 2 is 1.85 bits per heavy atom. The van der Waals surface area contributed by atoms with Crippen molar-refractivity contribution in [2.75, 3.05) is 25.1 Å². The first kappa shape index (κ1) is 24.8. The number of hydrogen-bond acceptors (Lipinski definition) is 9. The van der Waals surface area contributed by atoms with E-state index < -0.39 is 0 Å². The van der Waals surface area contributed by atoms with Crippen LogP contribution in [0.1, 0.15) is 11.1 Å². The highest BCUT2D eigenvalue weighted by molar-refractivity contribution is 5.87. The fraction of sp³-hybridized carbons (Fsp3) is 0.267. The molecule has 7 rings (SSSR count). The van der Waals surface area contributed by atoms with Gasteiger partial charge < -0.3 is 9.64 Å². The van der Waals surface area contributed by atoms with Crippen LogP contribution in [0.4, 0.5) is 5.82 Å². The summed E-state index contributed by atoms with van der Waals surface area (Å²) in [6.45, 7) is 2.26. The third-order valence-corrected chi connectivity index (χ3v) is 8.13. The lowest BCUT2D eigenvalue weighted by Gasteiger charge is -2.48. The highest BCUT2D eigenvalue weighted by atomic mass is 16.5. The minimum absolute atomic E-state index is 0.0881. The van der Waals surface area contributed by atoms with Gasteiger partial charge in [-0.3, -0.25) is 9.58 Å². The number of hydrogen-bond donors (Lipinski definition) is 0. The maximum atomic E-state index is 9.96. The maximum absolute atomic E-state index is 9.96. The molecular weight excluding hydrogens is 516 g/mol. The Balaban J connectivity index is 1.16. The molecule has 2 aliphatic heterocycles. The van der Waals surface area contributed by atoms with Gasteiger partial charge in [0, 0.05) is 85.8 Å². The highest BCUT2D eigenvalue weighted by Crippen LogP contribution is 2.40. The molecule has 11 nitrogen and oxygen atoms in total. The van der Waals surface area contributed by atoms with E-state index in [1.165, 1.54) is 0 Å². The molecule has 5 aromatic heterocycles. The quantitative estimate of drug-likeness (QED) is 0.318. The zero-order chi connectivity index (χ0) is 28.1. The standard InChI is InChI=1S/C30H26N10O/c1-37-15-24(13-35-37)21-7-25(29-22(8-31)12-36-40(29)17-21)20-4-5-27(33-11-20)39-18-26-30(39)23(9-32)16-38(26)14-19-3-6-28(41-2)34-10-19/h3-7,10-13,15,17,23,26,30H,14,16,18H2,1-2H3/t23-,26+,30+/m1/s1. The van der Waals surface area contributed by atoms with Gasteiger partial charge in [0.15, 0.2) is 0 Å². The van der Waals surface area contributed by atoms with Gasteiger partial charge in [-0.1, -0.05) is 6.07 Å². The summed E-state index contributed by atoms with van der Waals surface area (Å²) in [5.74, 6) is 1.33. The summed E-state index contributed by atoms with van der Waals surface area (Å²) in [4.78, 5) is 13.8. The molecule has 2 aliphatic rings. The number of ether oxygens (including phenoxy) is 1. The van der Waals surface area contributed by atoms with Crippen LogP contribution in [-0.2, 0) is 13.6 Å². The fourth-order valence-electron chi connectivity index (χ4n) is 6.09. The lowest BCUT2D eigenvalue weighted by molar-refractivity contribution is 0.193. The lowest BCUT2D eigenvalue weighted by atomic mass is 9.90. The average Bonchev–Trinajstić information content (AvgIpc) is 3.68. The van der Waals surface area contributed by atoms with E-state index in [-0.39, 0.29) is 18.0 Å². The SMILES string of the molecule is COc1ccc(CN2C[C@@H](C#N)[C@H]3[C@@H]2CN3c2ccc(-c3cc(-c4cnn(C)c4)cn4ncc(C#N)c34)cn2)cn1. The van der Waals surface area contributed by atoms with Crippen LogP contribution in [0.25, 0.3) is 27.8 Å². The molecule has 11 heteroatoms. The van der Waals surface area contributed by atoms with Crippen LogP contribution < -0.4 is 9.64 Å². The molecule has 0 N–H and O–H groups in total. The number of rotatable bonds is 6. The number of nitriles is 2. The molecule has 2 saturated heterocycles. The molecular formula is C30H26N10O. The van der Waals surface area contributed by atoms with E-state index in [9.17, 15) is 10.5 Å². The molecule has 41 heavy (non-hydrogen) atoms. The van der Waals surface area contributed by atoms with Crippen molar-refractivity contribution >= 4 is 11.3 Å². The van der Waals surface area contributed by atoms with E-state index in [1.54, 1.807) is 22.5 Å². The van der Waals surface area contributed by atoms with Gasteiger partial charge in [0.1, 0.15) is 11.9 Å². The van der Waals surface area contributed by atoms with Crippen molar-refractivity contribution in [1.29, 1.82) is 10.5 Å². The van der Waals surface area contributed by atoms with Crippen LogP contribution in [-0.4, -0.2) is 66.5 Å². The second-order valence-corrected chi connectivity index (χ2v) is 10.5. The molecule has 7 heterocycles. The van der Waals surface area contributed by atoms with Crippen molar-refractivity contribution in [1.82, 2.24) is 34.3 Å². The predicted octanol–water partition coefficient (Wildman–Crippen LogP) is 3.28. The number of anilines is 1. The van der Waals surface area contributed by atoms with E-state index in [2.05, 4.69) is 43.2 Å². The third kappa shape index (κ3) is 4.15. The van der Waals surface area contributed by atoms with Gasteiger partial charge in [0.25, 0.3) is 0 Å². The van der Waals surface area contributed by atoms with Crippen molar-refractivity contribution < 1.29 is 4.74 Å². The van der Waals surface area contributed by atoms with Gasteiger partial charge in [-0.25, -0.2) is 14.5 Å². The Morgan fingerprint density at radius 3 is 2.54 bits per heavy atom. The van der Waals surface area contributed by atoms with E-state index in [4.69, 9.17) is 9.72 Å². The van der Waals surface area contributed by atoms with Crippen LogP contribution in [0.2, 0.25) is 0 Å². The monoisotopic (exact) mass is 542 g/mol. The molecule has 0 aliphatic carbocycles. The molecule has 0 unspecified atom stereocenters. The molecule has 0 aromatic carbocycles. The van der Waals surface area contributed by atoms with Gasteiger partial charge in [-0.05, 0) is 23.8 Å². The topological polar surface area (TPSA) is 124 Å². The number of nitrogens with zero attached hydrogens (tertiary/aromatic N) is 10. The maximum Gasteiger partial charge on any atom is 0.212 e. The minimum Gasteiger partial charge on any atom is -0.481 e. The number of methoxy groups -OCH3 is 1. The van der Waals surface area contributed by atoms with Gasteiger partial charge in [-0.15, -0.1) is 0 Å². The predicted molar refractivity (Wildman–Crippen MR) is 151 cm³/mol. The summed E-state index contributed by atoms with van der Waals surface area (Å²) in [7, 11) is 3.49. The van der Waals surface area contributed by atoms with Crippen molar-refractivity contribution in [3.8, 4) is 40.3 Å². The summed E-state index contributed by atoms with van der Waals surface area (Å²) < 4.78 is 8.67. The minimum atomic E-state index is -0.109. The van der Waals surface area contributed by atoms with Gasteiger partial charge in [0.2, 0.25) is 5.88 Å². The van der Waals surface area contributed by atoms with Crippen LogP contribution in [0, 0.1) is 28.6 Å². The molecule has 3 atom stereocenters. The fourth-order valence-corrected chi connectivity index (χ4v) is 6.09. The summed E-state index contributed by atoms with van der Waals surface area (Å²) in [6, 6.07) is 15.1. The Bertz CT molecular complexity index is 1830. The summed E-state index contributed by atoms with van der Waals surface area (Å²) in [5, 5.41) is 28.4. The van der Waals surface area contributed by atoms with Crippen LogP contribution in [0.5, 0.6) is 5.88 Å². The normalized spacial score (nSPS) is 19.9. The Morgan fingerprint density at radius 1 is 0.951 bits per heavy atom. The Kier molecular flexibility index (Phi) is 5.88. The molecule has 5 aromatic rings. The number of likely N-dealkylation sites (tertiary alicyclic amines) is 1. The molecule has 0 spiro atoms. The first-order valence-corrected chi connectivity index (χ1v) is 13.3. The van der Waals surface area contributed by atoms with Crippen molar-refractivity contribution in [3.05, 3.63) is 78.6 Å². The molecule has 0 bridgehead atoms. The zero-order valence-corrected chi connectivity index (χ0v) is 22.6. The van der Waals surface area contributed by atoms with E-state index in [0.29, 0.717) is 18.0 Å². The number of fused-ring (bicyclic) bond motifs is 2. The van der Waals surface area contributed by atoms with E-state index >= 15 is 0 Å². The average molecular weight is 543 g/mol. The van der Waals surface area contributed by atoms with Gasteiger partial charge in [-0.2, -0.15) is 20.7 Å². The molecule has 202 valence electrons. The van der Waals surface area contributed by atoms with Crippen LogP contribution in [0.3, 0.4) is 0 Å². The Labute approximate surface area is 236 Å². The summed E-state index contributed by atoms with van der Waals surface area (Å²) in [5.41, 5.74) is 5.99. The van der Waals surface area contributed by atoms with E-state index in [1.807, 2.05) is 62.3 Å². The molecule has 0 saturated carbocycles. The number of aryl methyl sites for hydroxylation is 1. The highest BCUT2D eigenvalue weighted by Gasteiger charge is 2.53. The first-order valence-electron chi connectivity index (χ1n) is 13.3. The zero-order valence-electron chi connectivity index (χ0n) is 22.6. The van der Waals surface area contributed by atoms with Crippen molar-refractivity contribution in [2.45, 2.75) is 18.6 Å². The second kappa shape index (κ2) is 9.73. The van der Waals surface area contributed by atoms with Crippen molar-refractivity contribution in [3.63, 3.8) is 0 Å².